The van der Waals surface area contributed by atoms with E-state index in [1.807, 2.05) is 22.6 Å². The van der Waals surface area contributed by atoms with Gasteiger partial charge in [-0.15, -0.1) is 0 Å². The molecule has 0 bridgehead atoms. The summed E-state index contributed by atoms with van der Waals surface area (Å²) in [4.78, 5) is 23.5. The van der Waals surface area contributed by atoms with Crippen molar-refractivity contribution in [2.24, 2.45) is 11.8 Å². The Morgan fingerprint density at radius 2 is 1.90 bits per heavy atom. The van der Waals surface area contributed by atoms with Gasteiger partial charge in [-0.2, -0.15) is 0 Å². The van der Waals surface area contributed by atoms with Crippen molar-refractivity contribution in [2.75, 3.05) is 4.55 Å². The first kappa shape index (κ1) is 6.57. The van der Waals surface area contributed by atoms with Gasteiger partial charge in [0.15, 0.2) is 0 Å². The van der Waals surface area contributed by atoms with E-state index in [1.54, 1.807) is 0 Å². The molecule has 0 aromatic carbocycles. The minimum absolute atomic E-state index is 0.0457. The van der Waals surface area contributed by atoms with E-state index in [9.17, 15) is 9.59 Å². The van der Waals surface area contributed by atoms with Gasteiger partial charge >= 0.3 is 0 Å². The predicted molar refractivity (Wildman–Crippen MR) is 42.3 cm³/mol. The summed E-state index contributed by atoms with van der Waals surface area (Å²) in [5.41, 5.74) is 0. The number of carbonyl (C=O) groups is 2. The summed E-state index contributed by atoms with van der Waals surface area (Å²) < 4.78 is 0.516. The van der Waals surface area contributed by atoms with Crippen molar-refractivity contribution in [2.45, 2.75) is 6.42 Å². The summed E-state index contributed by atoms with van der Waals surface area (Å²) in [5.74, 6) is 0.235. The van der Waals surface area contributed by atoms with Crippen LogP contribution >= 0.6 is 22.6 Å². The van der Waals surface area contributed by atoms with Crippen LogP contribution in [-0.2, 0) is 9.59 Å². The number of fused-ring (bicyclic) bond motifs is 1. The van der Waals surface area contributed by atoms with Crippen LogP contribution in [-0.4, -0.2) is 21.3 Å². The average Bonchev–Trinajstić information content (AvgIpc) is 2.62. The molecule has 0 N–H and O–H groups in total. The molecule has 3 nitrogen and oxygen atoms in total. The van der Waals surface area contributed by atoms with Crippen molar-refractivity contribution in [3.05, 3.63) is 0 Å². The number of carbonyl (C=O) groups excluding carboxylic acids is 2. The number of imide groups is 1. The van der Waals surface area contributed by atoms with Gasteiger partial charge < -0.3 is 0 Å². The van der Waals surface area contributed by atoms with Crippen LogP contribution in [0.5, 0.6) is 0 Å². The predicted octanol–water partition coefficient (Wildman–Crippen LogP) is 0.384. The molecular formula is C6H6INO2. The molecule has 0 spiro atoms. The highest BCUT2D eigenvalue weighted by atomic mass is 127. The number of hydrogen-bond acceptors (Lipinski definition) is 2. The van der Waals surface area contributed by atoms with Crippen LogP contribution in [0.1, 0.15) is 6.42 Å². The van der Waals surface area contributed by atoms with Gasteiger partial charge in [-0.3, -0.25) is 14.5 Å². The molecular weight excluding hydrogens is 245 g/mol. The molecule has 2 atom stereocenters. The smallest absolute Gasteiger partial charge is 0.233 e. The molecule has 10 heavy (non-hydrogen) atoms. The van der Waals surface area contributed by atoms with Crippen molar-refractivity contribution in [3.8, 4) is 0 Å². The monoisotopic (exact) mass is 251 g/mol. The topological polar surface area (TPSA) is 37.4 Å². The highest BCUT2D eigenvalue weighted by Crippen LogP contribution is 2.46. The summed E-state index contributed by atoms with van der Waals surface area (Å²) in [7, 11) is 0. The van der Waals surface area contributed by atoms with Crippen LogP contribution in [0.25, 0.3) is 0 Å². The molecule has 1 aliphatic carbocycles. The molecule has 1 aliphatic heterocycles. The first-order chi connectivity index (χ1) is 4.75. The highest BCUT2D eigenvalue weighted by Gasteiger charge is 2.58. The Hall–Kier alpha value is -0.130. The van der Waals surface area contributed by atoms with E-state index in [2.05, 4.69) is 0 Å². The van der Waals surface area contributed by atoms with Crippen molar-refractivity contribution >= 4 is 34.4 Å². The van der Waals surface area contributed by atoms with E-state index >= 15 is 0 Å². The van der Waals surface area contributed by atoms with Gasteiger partial charge in [0.2, 0.25) is 11.8 Å². The van der Waals surface area contributed by atoms with Crippen LogP contribution in [0.2, 0.25) is 0 Å². The molecule has 1 saturated carbocycles. The number of rotatable bonds is 1. The molecule has 2 amide bonds. The highest BCUT2D eigenvalue weighted by molar-refractivity contribution is 14.1. The number of hydrogen-bond donors (Lipinski definition) is 0. The van der Waals surface area contributed by atoms with Crippen molar-refractivity contribution in [1.29, 1.82) is 0 Å². The molecule has 54 valence electrons. The van der Waals surface area contributed by atoms with E-state index < -0.39 is 0 Å². The van der Waals surface area contributed by atoms with Gasteiger partial charge in [-0.25, -0.2) is 0 Å². The zero-order valence-electron chi connectivity index (χ0n) is 5.21. The number of piperidine rings is 1. The van der Waals surface area contributed by atoms with Crippen molar-refractivity contribution in [1.82, 2.24) is 4.90 Å². The number of halogens is 1. The summed E-state index contributed by atoms with van der Waals surface area (Å²) in [6.07, 6.45) is 0.810. The SMILES string of the molecule is O=C1C2CC2C(=O)N1CI. The molecule has 1 heterocycles. The minimum Gasteiger partial charge on any atom is -0.274 e. The second-order valence-corrected chi connectivity index (χ2v) is 3.35. The van der Waals surface area contributed by atoms with E-state index in [-0.39, 0.29) is 23.7 Å². The summed E-state index contributed by atoms with van der Waals surface area (Å²) >= 11 is 2.03. The average molecular weight is 251 g/mol. The van der Waals surface area contributed by atoms with Crippen LogP contribution < -0.4 is 0 Å². The summed E-state index contributed by atoms with van der Waals surface area (Å²) in [5, 5.41) is 0. The zero-order valence-corrected chi connectivity index (χ0v) is 7.37. The second-order valence-electron chi connectivity index (χ2n) is 2.67. The molecule has 4 heteroatoms. The van der Waals surface area contributed by atoms with Crippen molar-refractivity contribution < 1.29 is 9.59 Å². The van der Waals surface area contributed by atoms with Crippen LogP contribution in [0, 0.1) is 11.8 Å². The van der Waals surface area contributed by atoms with Crippen LogP contribution in [0.3, 0.4) is 0 Å². The third-order valence-electron chi connectivity index (χ3n) is 2.08. The molecule has 2 fully saturated rings. The Morgan fingerprint density at radius 3 is 2.20 bits per heavy atom. The zero-order chi connectivity index (χ0) is 7.30. The lowest BCUT2D eigenvalue weighted by atomic mass is 10.4. The van der Waals surface area contributed by atoms with E-state index in [1.165, 1.54) is 4.90 Å². The fourth-order valence-electron chi connectivity index (χ4n) is 1.37. The van der Waals surface area contributed by atoms with E-state index in [4.69, 9.17) is 0 Å². The maximum absolute atomic E-state index is 11.1. The molecule has 1 saturated heterocycles. The van der Waals surface area contributed by atoms with Crippen LogP contribution in [0.4, 0.5) is 0 Å². The lowest BCUT2D eigenvalue weighted by Gasteiger charge is -2.10. The van der Waals surface area contributed by atoms with E-state index in [0.717, 1.165) is 6.42 Å². The Bertz CT molecular complexity index is 196. The third kappa shape index (κ3) is 0.652. The quantitative estimate of drug-likeness (QED) is 0.292. The van der Waals surface area contributed by atoms with Gasteiger partial charge in [0, 0.05) is 0 Å². The minimum atomic E-state index is 0.0457. The number of amides is 2. The first-order valence-electron chi connectivity index (χ1n) is 3.17. The first-order valence-corrected chi connectivity index (χ1v) is 4.69. The number of alkyl halides is 1. The maximum atomic E-state index is 11.1. The van der Waals surface area contributed by atoms with Gasteiger partial charge in [0.25, 0.3) is 0 Å². The second kappa shape index (κ2) is 1.93. The lowest BCUT2D eigenvalue weighted by Crippen LogP contribution is -2.31. The van der Waals surface area contributed by atoms with Gasteiger partial charge in [-0.05, 0) is 6.42 Å². The third-order valence-corrected chi connectivity index (χ3v) is 2.76. The Kier molecular flexibility index (Phi) is 1.27. The largest absolute Gasteiger partial charge is 0.274 e. The van der Waals surface area contributed by atoms with Gasteiger partial charge in [0.05, 0.1) is 16.4 Å². The normalized spacial score (nSPS) is 36.7. The molecule has 2 aliphatic rings. The Labute approximate surface area is 71.9 Å². The van der Waals surface area contributed by atoms with Crippen molar-refractivity contribution in [3.63, 3.8) is 0 Å². The number of likely N-dealkylation sites (tertiary alicyclic amines) is 1. The van der Waals surface area contributed by atoms with E-state index in [0.29, 0.717) is 4.55 Å². The maximum Gasteiger partial charge on any atom is 0.233 e. The molecule has 0 aromatic heterocycles. The molecule has 0 aromatic rings. The standard InChI is InChI=1S/C6H6INO2/c7-2-8-5(9)3-1-4(3)6(8)10/h3-4H,1-2H2. The fourth-order valence-corrected chi connectivity index (χ4v) is 2.04. The Morgan fingerprint density at radius 1 is 1.40 bits per heavy atom. The molecule has 2 rings (SSSR count). The van der Waals surface area contributed by atoms with Crippen LogP contribution in [0.15, 0.2) is 0 Å². The summed E-state index contributed by atoms with van der Waals surface area (Å²) in [6.45, 7) is 0. The molecule has 2 unspecified atom stereocenters. The fraction of sp³-hybridized carbons (Fsp3) is 0.667. The summed E-state index contributed by atoms with van der Waals surface area (Å²) in [6, 6.07) is 0. The lowest BCUT2D eigenvalue weighted by molar-refractivity contribution is -0.139. The number of nitrogens with zero attached hydrogens (tertiary/aromatic N) is 1. The molecule has 0 radical (unpaired) electrons. The van der Waals surface area contributed by atoms with Gasteiger partial charge in [0.1, 0.15) is 0 Å². The van der Waals surface area contributed by atoms with Gasteiger partial charge in [-0.1, -0.05) is 22.6 Å². The Balaban J connectivity index is 2.23.